The molecule has 0 saturated heterocycles. The number of aryl methyl sites for hydroxylation is 8. The molecule has 0 aromatic carbocycles. The molecule has 416 valence electrons. The first-order chi connectivity index (χ1) is 37.1. The Balaban J connectivity index is -0.000000417. The van der Waals surface area contributed by atoms with Crippen LogP contribution in [0.15, 0.2) is 174 Å². The molecule has 0 aliphatic carbocycles. The minimum atomic E-state index is 0.631. The smallest absolute Gasteiger partial charge is 0.326 e. The number of pyridine rings is 2. The van der Waals surface area contributed by atoms with Crippen molar-refractivity contribution in [2.75, 3.05) is 0 Å². The van der Waals surface area contributed by atoms with Gasteiger partial charge >= 0.3 is 29.4 Å². The molecule has 0 saturated carbocycles. The Labute approximate surface area is 456 Å². The van der Waals surface area contributed by atoms with Crippen molar-refractivity contribution in [2.45, 2.75) is 111 Å². The Morgan fingerprint density at radius 3 is 1.08 bits per heavy atom. The van der Waals surface area contributed by atoms with Crippen LogP contribution in [-0.4, -0.2) is 53.2 Å². The van der Waals surface area contributed by atoms with Crippen LogP contribution in [-0.2, 0) is 56.4 Å². The molecule has 0 unspecified atom stereocenters. The molecule has 76 heavy (non-hydrogen) atoms. The molecule has 19 nitrogen and oxygen atoms in total. The van der Waals surface area contributed by atoms with Gasteiger partial charge in [-0.3, -0.25) is 0 Å². The zero-order valence-electron chi connectivity index (χ0n) is 50.9. The number of rotatable bonds is 4. The van der Waals surface area contributed by atoms with Crippen LogP contribution in [0.2, 0.25) is 0 Å². The van der Waals surface area contributed by atoms with Gasteiger partial charge in [0, 0.05) is 83.4 Å². The fourth-order valence-electron chi connectivity index (χ4n) is 4.84. The van der Waals surface area contributed by atoms with Crippen molar-refractivity contribution in [2.24, 2.45) is 76.4 Å². The van der Waals surface area contributed by atoms with Crippen molar-refractivity contribution < 1.29 is 18.3 Å². The van der Waals surface area contributed by atoms with Gasteiger partial charge in [-0.15, -0.1) is 4.98 Å². The van der Waals surface area contributed by atoms with Gasteiger partial charge in [-0.1, -0.05) is 148 Å². The Morgan fingerprint density at radius 2 is 0.711 bits per heavy atom. The molecular weight excluding hydrogens is 951 g/mol. The first-order valence-electron chi connectivity index (χ1n) is 26.5. The standard InChI is InChI=1S/C11H13N4.3C10H12N5.8C2H6/c1-14-8-4-3-6-10(14)13-11-12-7-5-9-15(11)2;1-14-7-3-5-12-10(14)13-9-4-6-11-8-15(9)2;1-14-7-3-5-11-9(14)13-10-12-6-4-8-15(10)2;1-14-6-4-3-5-9(14)13-10-12-7-11-8-15(10)2;8*1-2/h3-9H,1-2H3;3*3-8H,1-2H3;8*1-2H3/q4*+1;;;;;;;;. The zero-order chi connectivity index (χ0) is 58.7. The highest BCUT2D eigenvalue weighted by Crippen LogP contribution is 1.96. The van der Waals surface area contributed by atoms with E-state index >= 15 is 0 Å². The Kier molecular flexibility index (Phi) is 49.4. The van der Waals surface area contributed by atoms with Gasteiger partial charge in [0.1, 0.15) is 18.6 Å². The Hall–Kier alpha value is -8.09. The quantitative estimate of drug-likeness (QED) is 0.159. The summed E-state index contributed by atoms with van der Waals surface area (Å²) in [5, 5.41) is 0. The van der Waals surface area contributed by atoms with Gasteiger partial charge < -0.3 is 18.3 Å². The minimum Gasteiger partial charge on any atom is -0.326 e. The molecule has 8 rings (SSSR count). The van der Waals surface area contributed by atoms with E-state index in [-0.39, 0.29) is 0 Å². The normalized spacial score (nSPS) is 9.89. The lowest BCUT2D eigenvalue weighted by molar-refractivity contribution is -0.664. The van der Waals surface area contributed by atoms with Gasteiger partial charge in [-0.05, 0) is 45.3 Å². The summed E-state index contributed by atoms with van der Waals surface area (Å²) >= 11 is 0. The van der Waals surface area contributed by atoms with Crippen molar-refractivity contribution in [3.05, 3.63) is 176 Å². The van der Waals surface area contributed by atoms with Crippen molar-refractivity contribution in [3.63, 3.8) is 0 Å². The molecule has 0 N–H and O–H groups in total. The van der Waals surface area contributed by atoms with Gasteiger partial charge in [0.25, 0.3) is 0 Å². The van der Waals surface area contributed by atoms with Crippen LogP contribution in [0.25, 0.3) is 0 Å². The second kappa shape index (κ2) is 50.4. The number of hydrogen-bond acceptors (Lipinski definition) is 11. The molecule has 8 heterocycles. The number of aromatic nitrogens is 15. The zero-order valence-corrected chi connectivity index (χ0v) is 50.9. The third kappa shape index (κ3) is 30.2. The van der Waals surface area contributed by atoms with Crippen LogP contribution >= 0.6 is 0 Å². The second-order valence-electron chi connectivity index (χ2n) is 12.9. The van der Waals surface area contributed by atoms with E-state index in [1.807, 2.05) is 303 Å². The summed E-state index contributed by atoms with van der Waals surface area (Å²) in [7, 11) is 15.3. The molecule has 0 aliphatic rings. The first-order valence-corrected chi connectivity index (χ1v) is 26.5. The van der Waals surface area contributed by atoms with Gasteiger partial charge in [-0.2, -0.15) is 0 Å². The summed E-state index contributed by atoms with van der Waals surface area (Å²) in [4.78, 5) is 46.3. The average Bonchev–Trinajstić information content (AvgIpc) is 3.48. The lowest BCUT2D eigenvalue weighted by Gasteiger charge is -1.95. The Bertz CT molecular complexity index is 2520. The summed E-state index contributed by atoms with van der Waals surface area (Å²) in [5.41, 5.74) is 3.18. The maximum atomic E-state index is 4.46. The van der Waals surface area contributed by atoms with Gasteiger partial charge in [0.15, 0.2) is 11.8 Å². The number of nitrogens with zero attached hydrogens (tertiary/aromatic N) is 19. The summed E-state index contributed by atoms with van der Waals surface area (Å²) < 4.78 is 14.9. The van der Waals surface area contributed by atoms with Crippen molar-refractivity contribution >= 4 is 23.8 Å². The third-order valence-electron chi connectivity index (χ3n) is 8.21. The van der Waals surface area contributed by atoms with E-state index in [4.69, 9.17) is 0 Å². The molecule has 0 fully saturated rings. The fraction of sp³-hybridized carbons (Fsp3) is 0.421. The van der Waals surface area contributed by atoms with Gasteiger partial charge in [0.2, 0.25) is 17.3 Å². The van der Waals surface area contributed by atoms with E-state index in [0.29, 0.717) is 29.4 Å². The second-order valence-corrected chi connectivity index (χ2v) is 12.9. The van der Waals surface area contributed by atoms with Crippen molar-refractivity contribution in [1.29, 1.82) is 0 Å². The van der Waals surface area contributed by atoms with Crippen molar-refractivity contribution in [3.8, 4) is 0 Å². The molecule has 0 aliphatic heterocycles. The first kappa shape index (κ1) is 74.4. The predicted molar refractivity (Wildman–Crippen MR) is 308 cm³/mol. The lowest BCUT2D eigenvalue weighted by atomic mass is 10.5. The topological polar surface area (TPSA) is 175 Å². The summed E-state index contributed by atoms with van der Waals surface area (Å²) in [6, 6.07) is 21.0. The molecule has 0 radical (unpaired) electrons. The highest BCUT2D eigenvalue weighted by atomic mass is 15.2. The van der Waals surface area contributed by atoms with Crippen LogP contribution in [0.4, 0.5) is 23.8 Å². The highest BCUT2D eigenvalue weighted by Gasteiger charge is 2.08. The minimum absolute atomic E-state index is 0.631. The van der Waals surface area contributed by atoms with E-state index in [1.54, 1.807) is 48.2 Å². The SMILES string of the molecule is CC.CC.CC.CC.CC.CC.CC.CC.Cn1ccccc1=Nc1nccc[n+]1C.Cn1ccccc1=Nc1ncnc[n+]1C.Cn1cccnc1=Nc1nccc[n+]1C.Cn1cnccc1=Nc1nccc[n+]1C. The molecule has 8 aromatic rings. The Morgan fingerprint density at radius 1 is 0.342 bits per heavy atom. The number of hydrogen-bond donors (Lipinski definition) is 0. The van der Waals surface area contributed by atoms with E-state index in [1.165, 1.54) is 6.33 Å². The third-order valence-corrected chi connectivity index (χ3v) is 8.21. The fourth-order valence-corrected chi connectivity index (χ4v) is 4.84. The van der Waals surface area contributed by atoms with Gasteiger partial charge in [0.05, 0.1) is 53.1 Å². The summed E-state index contributed by atoms with van der Waals surface area (Å²) in [6.07, 6.45) is 25.0. The molecule has 0 bridgehead atoms. The molecule has 0 spiro atoms. The van der Waals surface area contributed by atoms with E-state index in [9.17, 15) is 0 Å². The predicted octanol–water partition coefficient (Wildman–Crippen LogP) is 8.30. The van der Waals surface area contributed by atoms with Gasteiger partial charge in [-0.25, -0.2) is 28.2 Å². The van der Waals surface area contributed by atoms with E-state index in [0.717, 1.165) is 16.5 Å². The molecule has 19 heteroatoms. The largest absolute Gasteiger partial charge is 0.436 e. The monoisotopic (exact) mass is 1050 g/mol. The maximum Gasteiger partial charge on any atom is 0.436 e. The average molecular weight is 1050 g/mol. The summed E-state index contributed by atoms with van der Waals surface area (Å²) in [5.74, 6) is 2.62. The molecule has 0 amide bonds. The van der Waals surface area contributed by atoms with Crippen LogP contribution < -0.4 is 40.3 Å². The van der Waals surface area contributed by atoms with Crippen LogP contribution in [0.5, 0.6) is 0 Å². The van der Waals surface area contributed by atoms with Crippen molar-refractivity contribution in [1.82, 2.24) is 53.2 Å². The molecule has 8 aromatic heterocycles. The summed E-state index contributed by atoms with van der Waals surface area (Å²) in [6.45, 7) is 32.0. The van der Waals surface area contributed by atoms with Crippen LogP contribution in [0, 0.1) is 0 Å². The van der Waals surface area contributed by atoms with Crippen LogP contribution in [0.3, 0.4) is 0 Å². The van der Waals surface area contributed by atoms with E-state index in [2.05, 4.69) is 54.9 Å². The van der Waals surface area contributed by atoms with E-state index < -0.39 is 0 Å². The molecule has 0 atom stereocenters. The highest BCUT2D eigenvalue weighted by molar-refractivity contribution is 5.07. The van der Waals surface area contributed by atoms with Crippen LogP contribution in [0.1, 0.15) is 111 Å². The molecular formula is C57H97N19+4. The lowest BCUT2D eigenvalue weighted by Crippen LogP contribution is -2.30. The maximum absolute atomic E-state index is 4.46.